The van der Waals surface area contributed by atoms with Crippen molar-refractivity contribution in [2.24, 2.45) is 0 Å². The first-order chi connectivity index (χ1) is 6.97. The van der Waals surface area contributed by atoms with Crippen LogP contribution in [-0.2, 0) is 10.0 Å². The van der Waals surface area contributed by atoms with Gasteiger partial charge in [-0.25, -0.2) is 12.8 Å². The molecular formula is C10H14FNO2S. The number of benzene rings is 1. The summed E-state index contributed by atoms with van der Waals surface area (Å²) in [5.41, 5.74) is 0.477. The second-order valence-corrected chi connectivity index (χ2v) is 5.38. The third-order valence-electron chi connectivity index (χ3n) is 2.07. The van der Waals surface area contributed by atoms with Gasteiger partial charge >= 0.3 is 0 Å². The number of rotatable bonds is 4. The molecule has 1 aromatic rings. The van der Waals surface area contributed by atoms with Crippen molar-refractivity contribution in [2.75, 3.05) is 17.1 Å². The Morgan fingerprint density at radius 3 is 2.27 bits per heavy atom. The van der Waals surface area contributed by atoms with Crippen LogP contribution in [0.4, 0.5) is 10.1 Å². The maximum Gasteiger partial charge on any atom is 0.234 e. The Labute approximate surface area is 89.6 Å². The van der Waals surface area contributed by atoms with E-state index in [9.17, 15) is 12.8 Å². The predicted octanol–water partition coefficient (Wildman–Crippen LogP) is 2.00. The Kier molecular flexibility index (Phi) is 3.68. The van der Waals surface area contributed by atoms with Crippen LogP contribution in [-0.4, -0.2) is 21.2 Å². The quantitative estimate of drug-likeness (QED) is 0.794. The minimum Gasteiger partial charge on any atom is -0.273 e. The fraction of sp³-hybridized carbons (Fsp3) is 0.400. The molecule has 15 heavy (non-hydrogen) atoms. The lowest BCUT2D eigenvalue weighted by Gasteiger charge is -2.18. The second-order valence-electron chi connectivity index (χ2n) is 3.26. The van der Waals surface area contributed by atoms with Crippen LogP contribution in [0.15, 0.2) is 24.3 Å². The van der Waals surface area contributed by atoms with E-state index >= 15 is 0 Å². The van der Waals surface area contributed by atoms with E-state index in [0.29, 0.717) is 12.1 Å². The van der Waals surface area contributed by atoms with Crippen molar-refractivity contribution < 1.29 is 12.8 Å². The third-order valence-corrected chi connectivity index (χ3v) is 4.04. The highest BCUT2D eigenvalue weighted by atomic mass is 32.2. The fourth-order valence-electron chi connectivity index (χ4n) is 1.21. The van der Waals surface area contributed by atoms with Crippen molar-refractivity contribution in [3.63, 3.8) is 0 Å². The largest absolute Gasteiger partial charge is 0.273 e. The fourth-order valence-corrected chi connectivity index (χ4v) is 2.44. The van der Waals surface area contributed by atoms with Crippen molar-refractivity contribution in [3.8, 4) is 0 Å². The standard InChI is InChI=1S/C10H14FNO2S/c1-3-8-15(13,14)12(2)10-6-4-9(11)5-7-10/h4-7H,3,8H2,1-2H3. The summed E-state index contributed by atoms with van der Waals surface area (Å²) in [4.78, 5) is 0. The molecule has 0 aliphatic heterocycles. The second kappa shape index (κ2) is 4.61. The van der Waals surface area contributed by atoms with Crippen molar-refractivity contribution in [2.45, 2.75) is 13.3 Å². The third kappa shape index (κ3) is 2.92. The first kappa shape index (κ1) is 12.0. The molecule has 0 saturated heterocycles. The van der Waals surface area contributed by atoms with Gasteiger partial charge in [0.05, 0.1) is 11.4 Å². The van der Waals surface area contributed by atoms with E-state index in [0.717, 1.165) is 0 Å². The minimum atomic E-state index is -3.27. The SMILES string of the molecule is CCCS(=O)(=O)N(C)c1ccc(F)cc1. The van der Waals surface area contributed by atoms with E-state index < -0.39 is 10.0 Å². The number of sulfonamides is 1. The van der Waals surface area contributed by atoms with Crippen molar-refractivity contribution >= 4 is 15.7 Å². The molecule has 0 atom stereocenters. The van der Waals surface area contributed by atoms with E-state index in [4.69, 9.17) is 0 Å². The number of hydrogen-bond acceptors (Lipinski definition) is 2. The molecule has 0 aliphatic rings. The van der Waals surface area contributed by atoms with E-state index in [1.54, 1.807) is 6.92 Å². The van der Waals surface area contributed by atoms with Crippen LogP contribution < -0.4 is 4.31 Å². The maximum absolute atomic E-state index is 12.6. The molecule has 0 saturated carbocycles. The zero-order chi connectivity index (χ0) is 11.5. The van der Waals surface area contributed by atoms with Crippen molar-refractivity contribution in [1.82, 2.24) is 0 Å². The summed E-state index contributed by atoms with van der Waals surface area (Å²) in [5, 5.41) is 0. The van der Waals surface area contributed by atoms with Gasteiger partial charge in [-0.05, 0) is 30.7 Å². The van der Waals surface area contributed by atoms with Gasteiger partial charge in [0, 0.05) is 7.05 Å². The van der Waals surface area contributed by atoms with Gasteiger partial charge in [-0.3, -0.25) is 4.31 Å². The molecule has 0 radical (unpaired) electrons. The zero-order valence-corrected chi connectivity index (χ0v) is 9.59. The molecule has 3 nitrogen and oxygen atoms in total. The van der Waals surface area contributed by atoms with Gasteiger partial charge in [-0.1, -0.05) is 6.92 Å². The van der Waals surface area contributed by atoms with Gasteiger partial charge in [0.1, 0.15) is 5.82 Å². The van der Waals surface area contributed by atoms with Crippen LogP contribution in [0.2, 0.25) is 0 Å². The molecule has 0 spiro atoms. The maximum atomic E-state index is 12.6. The van der Waals surface area contributed by atoms with Gasteiger partial charge in [-0.15, -0.1) is 0 Å². The highest BCUT2D eigenvalue weighted by molar-refractivity contribution is 7.92. The first-order valence-electron chi connectivity index (χ1n) is 4.69. The normalized spacial score (nSPS) is 11.4. The van der Waals surface area contributed by atoms with E-state index in [-0.39, 0.29) is 11.6 Å². The number of halogens is 1. The van der Waals surface area contributed by atoms with Crippen LogP contribution in [0.5, 0.6) is 0 Å². The average Bonchev–Trinajstić information content (AvgIpc) is 2.18. The van der Waals surface area contributed by atoms with Crippen LogP contribution >= 0.6 is 0 Å². The van der Waals surface area contributed by atoms with Crippen molar-refractivity contribution in [1.29, 1.82) is 0 Å². The lowest BCUT2D eigenvalue weighted by atomic mass is 10.3. The molecule has 0 bridgehead atoms. The van der Waals surface area contributed by atoms with E-state index in [2.05, 4.69) is 0 Å². The summed E-state index contributed by atoms with van der Waals surface area (Å²) < 4.78 is 37.1. The van der Waals surface area contributed by atoms with Gasteiger partial charge in [0.15, 0.2) is 0 Å². The number of anilines is 1. The molecule has 0 aromatic heterocycles. The molecule has 0 fully saturated rings. The number of hydrogen-bond donors (Lipinski definition) is 0. The Morgan fingerprint density at radius 2 is 1.80 bits per heavy atom. The molecule has 0 aliphatic carbocycles. The van der Waals surface area contributed by atoms with Gasteiger partial charge in [0.2, 0.25) is 10.0 Å². The Bertz CT molecular complexity index is 414. The Morgan fingerprint density at radius 1 is 1.27 bits per heavy atom. The Hall–Kier alpha value is -1.10. The molecule has 1 rings (SSSR count). The predicted molar refractivity (Wildman–Crippen MR) is 58.9 cm³/mol. The average molecular weight is 231 g/mol. The lowest BCUT2D eigenvalue weighted by Crippen LogP contribution is -2.28. The summed E-state index contributed by atoms with van der Waals surface area (Å²) in [7, 11) is -1.79. The summed E-state index contributed by atoms with van der Waals surface area (Å²) >= 11 is 0. The molecular weight excluding hydrogens is 217 g/mol. The first-order valence-corrected chi connectivity index (χ1v) is 6.30. The molecule has 0 unspecified atom stereocenters. The zero-order valence-electron chi connectivity index (χ0n) is 8.77. The summed E-state index contributed by atoms with van der Waals surface area (Å²) in [6, 6.07) is 5.38. The van der Waals surface area contributed by atoms with Crippen LogP contribution in [0.25, 0.3) is 0 Å². The van der Waals surface area contributed by atoms with Crippen LogP contribution in [0.3, 0.4) is 0 Å². The summed E-state index contributed by atoms with van der Waals surface area (Å²) in [6.45, 7) is 1.80. The Balaban J connectivity index is 2.94. The van der Waals surface area contributed by atoms with Gasteiger partial charge in [-0.2, -0.15) is 0 Å². The molecule has 0 amide bonds. The van der Waals surface area contributed by atoms with Crippen LogP contribution in [0, 0.1) is 5.82 Å². The molecule has 5 heteroatoms. The van der Waals surface area contributed by atoms with Crippen molar-refractivity contribution in [3.05, 3.63) is 30.1 Å². The highest BCUT2D eigenvalue weighted by Crippen LogP contribution is 2.16. The van der Waals surface area contributed by atoms with E-state index in [1.807, 2.05) is 0 Å². The van der Waals surface area contributed by atoms with E-state index in [1.165, 1.54) is 35.6 Å². The number of nitrogens with zero attached hydrogens (tertiary/aromatic N) is 1. The molecule has 1 aromatic carbocycles. The molecule has 0 N–H and O–H groups in total. The smallest absolute Gasteiger partial charge is 0.234 e. The van der Waals surface area contributed by atoms with Gasteiger partial charge in [0.25, 0.3) is 0 Å². The minimum absolute atomic E-state index is 0.0981. The monoisotopic (exact) mass is 231 g/mol. The topological polar surface area (TPSA) is 37.4 Å². The summed E-state index contributed by atoms with van der Waals surface area (Å²) in [6.07, 6.45) is 0.563. The molecule has 84 valence electrons. The highest BCUT2D eigenvalue weighted by Gasteiger charge is 2.16. The molecule has 0 heterocycles. The summed E-state index contributed by atoms with van der Waals surface area (Å²) in [5.74, 6) is -0.277. The lowest BCUT2D eigenvalue weighted by molar-refractivity contribution is 0.592. The van der Waals surface area contributed by atoms with Gasteiger partial charge < -0.3 is 0 Å². The van der Waals surface area contributed by atoms with Crippen LogP contribution in [0.1, 0.15) is 13.3 Å².